The summed E-state index contributed by atoms with van der Waals surface area (Å²) in [5, 5.41) is 0. The van der Waals surface area contributed by atoms with E-state index in [1.165, 1.54) is 0 Å². The molecule has 1 rings (SSSR count). The first kappa shape index (κ1) is 55.7. The maximum absolute atomic E-state index is 10.5. The van der Waals surface area contributed by atoms with Crippen molar-refractivity contribution in [1.29, 1.82) is 0 Å². The Bertz CT molecular complexity index is 1200. The maximum Gasteiger partial charge on any atom is 1.00 e. The van der Waals surface area contributed by atoms with Gasteiger partial charge in [0.15, 0.2) is 11.5 Å². The fraction of sp³-hybridized carbons (Fsp3) is 0.812. The normalized spacial score (nSPS) is 11.9. The molecule has 20 heteroatoms. The summed E-state index contributed by atoms with van der Waals surface area (Å²) in [4.78, 5) is 0. The zero-order valence-electron chi connectivity index (χ0n) is 31.6. The number of hydrogen-bond acceptors (Lipinski definition) is 16. The van der Waals surface area contributed by atoms with Gasteiger partial charge in [-0.15, -0.1) is 0 Å². The average Bonchev–Trinajstić information content (AvgIpc) is 3.03. The third-order valence-corrected chi connectivity index (χ3v) is 7.96. The molecule has 294 valence electrons. The van der Waals surface area contributed by atoms with Crippen LogP contribution >= 0.6 is 0 Å². The van der Waals surface area contributed by atoms with Crippen LogP contribution in [-0.2, 0) is 63.5 Å². The molecule has 0 radical (unpaired) electrons. The van der Waals surface area contributed by atoms with E-state index in [-0.39, 0.29) is 134 Å². The second kappa shape index (κ2) is 34.6. The van der Waals surface area contributed by atoms with Crippen LogP contribution in [0.4, 0.5) is 0 Å². The van der Waals surface area contributed by atoms with E-state index in [0.717, 1.165) is 5.56 Å². The maximum atomic E-state index is 10.5. The quantitative estimate of drug-likeness (QED) is 0.0366. The summed E-state index contributed by atoms with van der Waals surface area (Å²) in [6, 6.07) is 5.89. The summed E-state index contributed by atoms with van der Waals surface area (Å²) in [7, 11) is -8.40. The third kappa shape index (κ3) is 36.0. The Kier molecular flexibility index (Phi) is 37.1. The number of ether oxygens (including phenoxy) is 10. The molecular weight excluding hydrogens is 783 g/mol. The van der Waals surface area contributed by atoms with Crippen LogP contribution in [0.1, 0.15) is 39.2 Å². The van der Waals surface area contributed by atoms with Gasteiger partial charge in [-0.3, -0.25) is 0 Å². The SMILES string of the molecule is CC(C)(C)c1ccc(OCCOCCOCCOCCOCCCS(=O)(=O)[O-])c(OCCOCCOCCOCCOCCCS(=O)(=O)[O-])c1.[K+].[K+]. The van der Waals surface area contributed by atoms with Crippen molar-refractivity contribution < 1.29 is 176 Å². The molecule has 0 saturated carbocycles. The monoisotopic (exact) mass is 838 g/mol. The molecule has 0 amide bonds. The summed E-state index contributed by atoms with van der Waals surface area (Å²) < 4.78 is 118. The molecule has 16 nitrogen and oxygen atoms in total. The van der Waals surface area contributed by atoms with Crippen LogP contribution in [-0.4, -0.2) is 156 Å². The van der Waals surface area contributed by atoms with Crippen molar-refractivity contribution in [2.75, 3.05) is 130 Å². The molecule has 0 aliphatic carbocycles. The summed E-state index contributed by atoms with van der Waals surface area (Å²) in [5.74, 6) is 0.371. The molecule has 0 N–H and O–H groups in total. The molecule has 0 saturated heterocycles. The zero-order chi connectivity index (χ0) is 37.0. The van der Waals surface area contributed by atoms with Gasteiger partial charge in [0.1, 0.15) is 13.2 Å². The van der Waals surface area contributed by atoms with Gasteiger partial charge in [-0.1, -0.05) is 26.8 Å². The molecule has 0 bridgehead atoms. The van der Waals surface area contributed by atoms with Crippen molar-refractivity contribution in [3.63, 3.8) is 0 Å². The predicted molar refractivity (Wildman–Crippen MR) is 181 cm³/mol. The molecule has 0 fully saturated rings. The van der Waals surface area contributed by atoms with Gasteiger partial charge in [0, 0.05) is 24.7 Å². The Labute approximate surface area is 395 Å². The van der Waals surface area contributed by atoms with E-state index in [2.05, 4.69) is 20.8 Å². The van der Waals surface area contributed by atoms with Crippen LogP contribution in [0, 0.1) is 0 Å². The average molecular weight is 839 g/mol. The van der Waals surface area contributed by atoms with Gasteiger partial charge in [0.25, 0.3) is 0 Å². The Morgan fingerprint density at radius 2 is 0.750 bits per heavy atom. The van der Waals surface area contributed by atoms with Crippen molar-refractivity contribution in [1.82, 2.24) is 0 Å². The first-order chi connectivity index (χ1) is 23.8. The summed E-state index contributed by atoms with van der Waals surface area (Å²) in [5.41, 5.74) is 1.04. The number of rotatable bonds is 34. The van der Waals surface area contributed by atoms with Crippen molar-refractivity contribution in [2.24, 2.45) is 0 Å². The largest absolute Gasteiger partial charge is 1.00 e. The molecule has 0 aromatic heterocycles. The minimum absolute atomic E-state index is 0. The number of benzene rings is 1. The molecular formula is C32H56K2O16S2. The second-order valence-electron chi connectivity index (χ2n) is 11.7. The molecule has 0 heterocycles. The van der Waals surface area contributed by atoms with Gasteiger partial charge in [-0.05, 0) is 36.0 Å². The molecule has 0 aliphatic heterocycles. The second-order valence-corrected chi connectivity index (χ2v) is 14.8. The summed E-state index contributed by atoms with van der Waals surface area (Å²) in [6.07, 6.45) is 0.334. The van der Waals surface area contributed by atoms with Crippen LogP contribution in [0.3, 0.4) is 0 Å². The van der Waals surface area contributed by atoms with Gasteiger partial charge in [-0.25, -0.2) is 16.8 Å². The van der Waals surface area contributed by atoms with E-state index in [1.54, 1.807) is 0 Å². The van der Waals surface area contributed by atoms with Gasteiger partial charge in [0.05, 0.1) is 113 Å². The first-order valence-electron chi connectivity index (χ1n) is 16.7. The Balaban J connectivity index is 0. The minimum Gasteiger partial charge on any atom is -0.748 e. The Morgan fingerprint density at radius 1 is 0.462 bits per heavy atom. The molecule has 0 unspecified atom stereocenters. The van der Waals surface area contributed by atoms with Crippen LogP contribution in [0.5, 0.6) is 11.5 Å². The Hall–Kier alpha value is 1.59. The molecule has 52 heavy (non-hydrogen) atoms. The fourth-order valence-corrected chi connectivity index (χ4v) is 4.77. The summed E-state index contributed by atoms with van der Waals surface area (Å²) >= 11 is 0. The topological polar surface area (TPSA) is 207 Å². The first-order valence-corrected chi connectivity index (χ1v) is 19.8. The van der Waals surface area contributed by atoms with Gasteiger partial charge < -0.3 is 56.5 Å². The van der Waals surface area contributed by atoms with Crippen LogP contribution in [0.25, 0.3) is 0 Å². The molecule has 1 aromatic carbocycles. The van der Waals surface area contributed by atoms with Gasteiger partial charge in [-0.2, -0.15) is 0 Å². The third-order valence-electron chi connectivity index (χ3n) is 6.38. The standard InChI is InChI=1S/C32H58O16S2.2K/c1-32(2,3)29-6-7-30(47-24-22-45-20-18-43-16-14-41-12-10-39-8-4-26-49(33,34)35)31(28-29)48-25-23-46-21-19-44-17-15-42-13-11-40-9-5-27-50(36,37)38;;/h6-7,28H,4-5,8-27H2,1-3H3,(H,33,34,35)(H,36,37,38);;/q;2*+1/p-2. The Morgan fingerprint density at radius 3 is 1.06 bits per heavy atom. The van der Waals surface area contributed by atoms with Crippen LogP contribution < -0.4 is 112 Å². The fourth-order valence-electron chi connectivity index (χ4n) is 3.83. The van der Waals surface area contributed by atoms with Crippen molar-refractivity contribution in [2.45, 2.75) is 39.0 Å². The molecule has 0 spiro atoms. The zero-order valence-corrected chi connectivity index (χ0v) is 39.5. The minimum atomic E-state index is -4.20. The predicted octanol–water partition coefficient (Wildman–Crippen LogP) is -4.25. The van der Waals surface area contributed by atoms with Gasteiger partial charge in [0.2, 0.25) is 0 Å². The van der Waals surface area contributed by atoms with E-state index < -0.39 is 31.7 Å². The van der Waals surface area contributed by atoms with Crippen molar-refractivity contribution >= 4 is 20.2 Å². The van der Waals surface area contributed by atoms with E-state index in [1.807, 2.05) is 18.2 Å². The smallest absolute Gasteiger partial charge is 0.748 e. The van der Waals surface area contributed by atoms with Crippen molar-refractivity contribution in [3.8, 4) is 11.5 Å². The van der Waals surface area contributed by atoms with E-state index in [4.69, 9.17) is 47.4 Å². The number of hydrogen-bond donors (Lipinski definition) is 0. The molecule has 1 aromatic rings. The molecule has 0 aliphatic rings. The van der Waals surface area contributed by atoms with E-state index >= 15 is 0 Å². The van der Waals surface area contributed by atoms with Crippen molar-refractivity contribution in [3.05, 3.63) is 23.8 Å². The van der Waals surface area contributed by atoms with Gasteiger partial charge >= 0.3 is 103 Å². The van der Waals surface area contributed by atoms with Crippen LogP contribution in [0.15, 0.2) is 18.2 Å². The van der Waals surface area contributed by atoms with E-state index in [9.17, 15) is 25.9 Å². The van der Waals surface area contributed by atoms with E-state index in [0.29, 0.717) is 117 Å². The molecule has 0 atom stereocenters. The van der Waals surface area contributed by atoms with Crippen LogP contribution in [0.2, 0.25) is 0 Å². The summed E-state index contributed by atoms with van der Waals surface area (Å²) in [6.45, 7) is 12.6.